The first-order valence-corrected chi connectivity index (χ1v) is 9.39. The molecule has 1 aromatic heterocycles. The van der Waals surface area contributed by atoms with E-state index in [4.69, 9.17) is 23.2 Å². The fourth-order valence-corrected chi connectivity index (χ4v) is 2.68. The minimum Gasteiger partial charge on any atom is -0.368 e. The van der Waals surface area contributed by atoms with E-state index >= 15 is 0 Å². The third-order valence-corrected chi connectivity index (χ3v) is 4.62. The topological polar surface area (TPSA) is 70.2 Å². The molecule has 0 aliphatic heterocycles. The van der Waals surface area contributed by atoms with Crippen LogP contribution in [-0.2, 0) is 11.0 Å². The molecule has 0 radical (unpaired) electrons. The lowest BCUT2D eigenvalue weighted by Crippen LogP contribution is -2.34. The van der Waals surface area contributed by atoms with Crippen LogP contribution in [0.15, 0.2) is 24.4 Å². The van der Waals surface area contributed by atoms with Gasteiger partial charge < -0.3 is 15.5 Å². The van der Waals surface area contributed by atoms with Crippen molar-refractivity contribution in [1.82, 2.24) is 14.9 Å². The van der Waals surface area contributed by atoms with Gasteiger partial charge in [0.05, 0.1) is 10.0 Å². The third kappa shape index (κ3) is 6.37. The highest BCUT2D eigenvalue weighted by molar-refractivity contribution is 6.42. The molecule has 0 aliphatic rings. The van der Waals surface area contributed by atoms with Crippen molar-refractivity contribution in [2.75, 3.05) is 30.8 Å². The summed E-state index contributed by atoms with van der Waals surface area (Å²) in [6, 6.07) is 4.64. The van der Waals surface area contributed by atoms with Crippen molar-refractivity contribution in [3.8, 4) is 0 Å². The molecule has 158 valence electrons. The maximum absolute atomic E-state index is 13.3. The number of aromatic nitrogens is 2. The third-order valence-electron chi connectivity index (χ3n) is 3.88. The van der Waals surface area contributed by atoms with Crippen molar-refractivity contribution in [3.63, 3.8) is 0 Å². The van der Waals surface area contributed by atoms with Gasteiger partial charge in [-0.05, 0) is 18.2 Å². The number of benzene rings is 1. The molecule has 0 unspecified atom stereocenters. The van der Waals surface area contributed by atoms with Crippen molar-refractivity contribution in [2.45, 2.75) is 20.0 Å². The van der Waals surface area contributed by atoms with Gasteiger partial charge in [-0.1, -0.05) is 37.0 Å². The van der Waals surface area contributed by atoms with E-state index in [0.29, 0.717) is 16.9 Å². The molecule has 1 aromatic carbocycles. The summed E-state index contributed by atoms with van der Waals surface area (Å²) in [6.45, 7) is 3.80. The van der Waals surface area contributed by atoms with Gasteiger partial charge in [-0.25, -0.2) is 4.98 Å². The van der Waals surface area contributed by atoms with E-state index in [0.717, 1.165) is 0 Å². The molecule has 11 heteroatoms. The fraction of sp³-hybridized carbons (Fsp3) is 0.389. The molecule has 0 spiro atoms. The summed E-state index contributed by atoms with van der Waals surface area (Å²) < 4.78 is 39.9. The number of nitrogens with one attached hydrogen (secondary N) is 2. The summed E-state index contributed by atoms with van der Waals surface area (Å²) in [5.41, 5.74) is -0.539. The predicted molar refractivity (Wildman–Crippen MR) is 108 cm³/mol. The van der Waals surface area contributed by atoms with E-state index in [1.165, 1.54) is 17.0 Å². The number of hydrogen-bond acceptors (Lipinski definition) is 5. The van der Waals surface area contributed by atoms with Crippen molar-refractivity contribution in [3.05, 3.63) is 40.0 Å². The van der Waals surface area contributed by atoms with Crippen molar-refractivity contribution in [1.29, 1.82) is 0 Å². The summed E-state index contributed by atoms with van der Waals surface area (Å²) in [6.07, 6.45) is -3.94. The number of hydrogen-bond donors (Lipinski definition) is 2. The molecule has 1 heterocycles. The zero-order chi connectivity index (χ0) is 21.8. The Morgan fingerprint density at radius 2 is 1.93 bits per heavy atom. The van der Waals surface area contributed by atoms with Crippen molar-refractivity contribution < 1.29 is 18.0 Å². The van der Waals surface area contributed by atoms with Gasteiger partial charge in [-0.15, -0.1) is 0 Å². The van der Waals surface area contributed by atoms with E-state index in [1.54, 1.807) is 27.0 Å². The maximum Gasteiger partial charge on any atom is 0.421 e. The van der Waals surface area contributed by atoms with Crippen LogP contribution in [0.4, 0.5) is 30.6 Å². The second-order valence-electron chi connectivity index (χ2n) is 6.55. The highest BCUT2D eigenvalue weighted by Crippen LogP contribution is 2.34. The first kappa shape index (κ1) is 23.0. The summed E-state index contributed by atoms with van der Waals surface area (Å²) in [5.74, 6) is -0.745. The fourth-order valence-electron chi connectivity index (χ4n) is 2.38. The zero-order valence-electron chi connectivity index (χ0n) is 15.9. The van der Waals surface area contributed by atoms with Crippen LogP contribution in [0.5, 0.6) is 0 Å². The Hall–Kier alpha value is -2.26. The number of likely N-dealkylation sites (N-methyl/N-ethyl adjacent to an activating group) is 1. The van der Waals surface area contributed by atoms with Crippen LogP contribution >= 0.6 is 23.2 Å². The normalized spacial score (nSPS) is 11.5. The van der Waals surface area contributed by atoms with Gasteiger partial charge in [0.15, 0.2) is 0 Å². The number of carbonyl (C=O) groups excluding carboxylic acids is 1. The molecular formula is C18H20Cl2F3N5O. The van der Waals surface area contributed by atoms with E-state index < -0.39 is 11.7 Å². The quantitative estimate of drug-likeness (QED) is 0.617. The molecule has 2 N–H and O–H groups in total. The van der Waals surface area contributed by atoms with Gasteiger partial charge in [-0.2, -0.15) is 18.2 Å². The molecule has 0 saturated carbocycles. The Kier molecular flexibility index (Phi) is 7.54. The van der Waals surface area contributed by atoms with Crippen molar-refractivity contribution in [2.24, 2.45) is 5.92 Å². The van der Waals surface area contributed by atoms with Crippen LogP contribution in [-0.4, -0.2) is 40.9 Å². The van der Waals surface area contributed by atoms with E-state index in [9.17, 15) is 18.0 Å². The standard InChI is InChI=1S/C18H20Cl2F3N5O/c1-10(2)16(29)28(3)7-6-24-15-12(18(21,22)23)9-25-17(27-15)26-11-4-5-13(19)14(20)8-11/h4-5,8-10H,6-7H2,1-3H3,(H2,24,25,26,27). The zero-order valence-corrected chi connectivity index (χ0v) is 17.5. The van der Waals surface area contributed by atoms with Crippen molar-refractivity contribution >= 4 is 46.6 Å². The molecule has 6 nitrogen and oxygen atoms in total. The van der Waals surface area contributed by atoms with Gasteiger partial charge in [0.25, 0.3) is 0 Å². The largest absolute Gasteiger partial charge is 0.421 e. The second kappa shape index (κ2) is 9.49. The highest BCUT2D eigenvalue weighted by Gasteiger charge is 2.35. The van der Waals surface area contributed by atoms with Gasteiger partial charge in [0.2, 0.25) is 11.9 Å². The lowest BCUT2D eigenvalue weighted by molar-refractivity contribution is -0.137. The van der Waals surface area contributed by atoms with Crippen LogP contribution < -0.4 is 10.6 Å². The highest BCUT2D eigenvalue weighted by atomic mass is 35.5. The van der Waals surface area contributed by atoms with Gasteiger partial charge >= 0.3 is 6.18 Å². The summed E-state index contributed by atoms with van der Waals surface area (Å²) in [5, 5.41) is 6.04. The first-order chi connectivity index (χ1) is 13.5. The molecule has 29 heavy (non-hydrogen) atoms. The summed E-state index contributed by atoms with van der Waals surface area (Å²) in [7, 11) is 1.59. The van der Waals surface area contributed by atoms with Crippen LogP contribution in [0.1, 0.15) is 19.4 Å². The first-order valence-electron chi connectivity index (χ1n) is 8.64. The Labute approximate surface area is 176 Å². The molecule has 1 amide bonds. The number of alkyl halides is 3. The molecule has 0 bridgehead atoms. The molecule has 2 rings (SSSR count). The van der Waals surface area contributed by atoms with Crippen LogP contribution in [0.25, 0.3) is 0 Å². The summed E-state index contributed by atoms with van der Waals surface area (Å²) >= 11 is 11.8. The van der Waals surface area contributed by atoms with Gasteiger partial charge in [-0.3, -0.25) is 4.79 Å². The minimum atomic E-state index is -4.63. The minimum absolute atomic E-state index is 0.0505. The Balaban J connectivity index is 2.18. The molecule has 2 aromatic rings. The summed E-state index contributed by atoms with van der Waals surface area (Å²) in [4.78, 5) is 21.0. The monoisotopic (exact) mass is 449 g/mol. The number of nitrogens with zero attached hydrogens (tertiary/aromatic N) is 3. The van der Waals surface area contributed by atoms with Crippen LogP contribution in [0, 0.1) is 5.92 Å². The SMILES string of the molecule is CC(C)C(=O)N(C)CCNc1nc(Nc2ccc(Cl)c(Cl)c2)ncc1C(F)(F)F. The molecule has 0 atom stereocenters. The van der Waals surface area contributed by atoms with E-state index in [1.807, 2.05) is 0 Å². The Morgan fingerprint density at radius 1 is 1.24 bits per heavy atom. The Morgan fingerprint density at radius 3 is 2.52 bits per heavy atom. The second-order valence-corrected chi connectivity index (χ2v) is 7.36. The van der Waals surface area contributed by atoms with E-state index in [2.05, 4.69) is 20.6 Å². The number of amides is 1. The lowest BCUT2D eigenvalue weighted by atomic mass is 10.2. The van der Waals surface area contributed by atoms with Gasteiger partial charge in [0, 0.05) is 37.9 Å². The molecule has 0 fully saturated rings. The number of carbonyl (C=O) groups is 1. The number of rotatable bonds is 7. The van der Waals surface area contributed by atoms with Crippen LogP contribution in [0.3, 0.4) is 0 Å². The number of halogens is 5. The average molecular weight is 450 g/mol. The molecule has 0 aliphatic carbocycles. The smallest absolute Gasteiger partial charge is 0.368 e. The van der Waals surface area contributed by atoms with Gasteiger partial charge in [0.1, 0.15) is 11.4 Å². The number of anilines is 3. The van der Waals surface area contributed by atoms with Crippen LogP contribution in [0.2, 0.25) is 10.0 Å². The average Bonchev–Trinajstić information content (AvgIpc) is 2.63. The molecule has 0 saturated heterocycles. The molecular weight excluding hydrogens is 430 g/mol. The maximum atomic E-state index is 13.3. The van der Waals surface area contributed by atoms with E-state index in [-0.39, 0.29) is 41.7 Å². The lowest BCUT2D eigenvalue weighted by Gasteiger charge is -2.20. The Bertz CT molecular complexity index is 877. The predicted octanol–water partition coefficient (Wildman–Crippen LogP) is 5.07.